The molecule has 0 spiro atoms. The van der Waals surface area contributed by atoms with Crippen LogP contribution in [0.3, 0.4) is 0 Å². The Morgan fingerprint density at radius 2 is 1.86 bits per heavy atom. The van der Waals surface area contributed by atoms with Crippen LogP contribution in [0.1, 0.15) is 33.6 Å². The number of morpholine rings is 1. The normalized spacial score (nSPS) is 20.2. The van der Waals surface area contributed by atoms with Gasteiger partial charge in [0, 0.05) is 37.9 Å². The summed E-state index contributed by atoms with van der Waals surface area (Å²) in [6, 6.07) is 5.07. The predicted molar refractivity (Wildman–Crippen MR) is 110 cm³/mol. The number of carbonyl (C=O) groups is 1. The number of halogens is 1. The minimum Gasteiger partial charge on any atom is -0.382 e. The number of anilines is 2. The van der Waals surface area contributed by atoms with Crippen molar-refractivity contribution in [3.8, 4) is 0 Å². The first-order valence-electron chi connectivity index (χ1n) is 10.2. The van der Waals surface area contributed by atoms with E-state index >= 15 is 0 Å². The second kappa shape index (κ2) is 8.66. The fraction of sp³-hybridized carbons (Fsp3) is 0.667. The maximum absolute atomic E-state index is 14.6. The van der Waals surface area contributed by atoms with Gasteiger partial charge in [0.05, 0.1) is 24.9 Å². The number of benzene rings is 1. The number of piperidine rings is 1. The summed E-state index contributed by atoms with van der Waals surface area (Å²) in [6.45, 7) is 10.0. The fourth-order valence-corrected chi connectivity index (χ4v) is 3.70. The lowest BCUT2D eigenvalue weighted by Gasteiger charge is -2.37. The van der Waals surface area contributed by atoms with Gasteiger partial charge in [-0.2, -0.15) is 0 Å². The number of nitrogens with two attached hydrogens (primary N) is 1. The van der Waals surface area contributed by atoms with Crippen molar-refractivity contribution >= 4 is 17.3 Å². The van der Waals surface area contributed by atoms with Gasteiger partial charge in [0.25, 0.3) is 0 Å². The molecule has 0 aromatic heterocycles. The highest BCUT2D eigenvalue weighted by atomic mass is 19.1. The minimum atomic E-state index is -0.487. The van der Waals surface area contributed by atoms with Gasteiger partial charge in [-0.15, -0.1) is 0 Å². The van der Waals surface area contributed by atoms with Crippen LogP contribution in [0.5, 0.6) is 0 Å². The van der Waals surface area contributed by atoms with E-state index < -0.39 is 6.04 Å². The highest BCUT2D eigenvalue weighted by Gasteiger charge is 2.33. The summed E-state index contributed by atoms with van der Waals surface area (Å²) in [5.41, 5.74) is 7.28. The number of ether oxygens (including phenoxy) is 1. The molecule has 1 aromatic rings. The molecule has 1 atom stereocenters. The van der Waals surface area contributed by atoms with Crippen molar-refractivity contribution in [3.05, 3.63) is 24.0 Å². The third-order valence-corrected chi connectivity index (χ3v) is 5.68. The Kier molecular flexibility index (Phi) is 6.45. The topological polar surface area (TPSA) is 70.8 Å². The third-order valence-electron chi connectivity index (χ3n) is 5.68. The molecule has 28 heavy (non-hydrogen) atoms. The van der Waals surface area contributed by atoms with E-state index in [2.05, 4.69) is 5.32 Å². The highest BCUT2D eigenvalue weighted by molar-refractivity contribution is 5.82. The lowest BCUT2D eigenvalue weighted by Crippen LogP contribution is -2.53. The quantitative estimate of drug-likeness (QED) is 0.824. The summed E-state index contributed by atoms with van der Waals surface area (Å²) in [7, 11) is 0. The van der Waals surface area contributed by atoms with E-state index in [4.69, 9.17) is 10.5 Å². The summed E-state index contributed by atoms with van der Waals surface area (Å²) < 4.78 is 19.9. The van der Waals surface area contributed by atoms with Crippen molar-refractivity contribution in [2.45, 2.75) is 45.7 Å². The molecule has 0 saturated carbocycles. The molecule has 1 aromatic carbocycles. The van der Waals surface area contributed by atoms with Gasteiger partial charge >= 0.3 is 0 Å². The SMILES string of the molecule is CC(C)(C)[C@H](N)C(=O)N1CCC(Nc2ccc(N3CCOCC3)c(F)c2)CC1. The van der Waals surface area contributed by atoms with Crippen LogP contribution in [-0.4, -0.2) is 62.3 Å². The van der Waals surface area contributed by atoms with E-state index in [1.807, 2.05) is 42.7 Å². The monoisotopic (exact) mass is 392 g/mol. The van der Waals surface area contributed by atoms with E-state index in [9.17, 15) is 9.18 Å². The maximum atomic E-state index is 14.6. The highest BCUT2D eigenvalue weighted by Crippen LogP contribution is 2.26. The standard InChI is InChI=1S/C21H33FN4O2/c1-21(2,3)19(23)20(27)26-8-6-15(7-9-26)24-16-4-5-18(17(22)14-16)25-10-12-28-13-11-25/h4-5,14-15,19,24H,6-13,23H2,1-3H3/t19-/m1/s1. The molecule has 0 radical (unpaired) electrons. The van der Waals surface area contributed by atoms with Gasteiger partial charge in [-0.3, -0.25) is 4.79 Å². The summed E-state index contributed by atoms with van der Waals surface area (Å²) in [5, 5.41) is 3.42. The second-order valence-electron chi connectivity index (χ2n) is 8.85. The number of hydrogen-bond donors (Lipinski definition) is 2. The molecule has 0 bridgehead atoms. The molecule has 0 unspecified atom stereocenters. The molecule has 2 fully saturated rings. The minimum absolute atomic E-state index is 0.0202. The molecule has 3 N–H and O–H groups in total. The van der Waals surface area contributed by atoms with Crippen LogP contribution in [0.4, 0.5) is 15.8 Å². The first-order chi connectivity index (χ1) is 13.3. The molecule has 6 nitrogen and oxygen atoms in total. The Morgan fingerprint density at radius 1 is 1.21 bits per heavy atom. The number of nitrogens with one attached hydrogen (secondary N) is 1. The Morgan fingerprint density at radius 3 is 2.43 bits per heavy atom. The van der Waals surface area contributed by atoms with Crippen molar-refractivity contribution in [3.63, 3.8) is 0 Å². The number of hydrogen-bond acceptors (Lipinski definition) is 5. The van der Waals surface area contributed by atoms with Gasteiger partial charge in [-0.05, 0) is 36.5 Å². The van der Waals surface area contributed by atoms with Crippen LogP contribution in [0, 0.1) is 11.2 Å². The fourth-order valence-electron chi connectivity index (χ4n) is 3.70. The van der Waals surface area contributed by atoms with Gasteiger partial charge < -0.3 is 25.6 Å². The second-order valence-corrected chi connectivity index (χ2v) is 8.85. The zero-order chi connectivity index (χ0) is 20.3. The van der Waals surface area contributed by atoms with Crippen molar-refractivity contribution in [1.29, 1.82) is 0 Å². The first-order valence-corrected chi connectivity index (χ1v) is 10.2. The number of nitrogens with zero attached hydrogens (tertiary/aromatic N) is 2. The summed E-state index contributed by atoms with van der Waals surface area (Å²) >= 11 is 0. The molecule has 156 valence electrons. The lowest BCUT2D eigenvalue weighted by molar-refractivity contribution is -0.135. The predicted octanol–water partition coefficient (Wildman–Crippen LogP) is 2.44. The van der Waals surface area contributed by atoms with E-state index in [1.165, 1.54) is 0 Å². The molecule has 2 aliphatic rings. The van der Waals surface area contributed by atoms with Crippen LogP contribution in [-0.2, 0) is 9.53 Å². The molecule has 2 aliphatic heterocycles. The zero-order valence-corrected chi connectivity index (χ0v) is 17.2. The molecule has 2 heterocycles. The first kappa shape index (κ1) is 20.9. The van der Waals surface area contributed by atoms with Gasteiger partial charge in [-0.25, -0.2) is 4.39 Å². The number of rotatable bonds is 4. The Labute approximate surface area is 167 Å². The van der Waals surface area contributed by atoms with Crippen molar-refractivity contribution < 1.29 is 13.9 Å². The largest absolute Gasteiger partial charge is 0.382 e. The van der Waals surface area contributed by atoms with Crippen molar-refractivity contribution in [2.24, 2.45) is 11.1 Å². The summed E-state index contributed by atoms with van der Waals surface area (Å²) in [4.78, 5) is 16.4. The molecule has 1 amide bonds. The average Bonchev–Trinajstić information content (AvgIpc) is 2.67. The smallest absolute Gasteiger partial charge is 0.240 e. The van der Waals surface area contributed by atoms with Gasteiger partial charge in [0.15, 0.2) is 0 Å². The lowest BCUT2D eigenvalue weighted by atomic mass is 9.86. The number of carbonyl (C=O) groups excluding carboxylic acids is 1. The number of amides is 1. The van der Waals surface area contributed by atoms with Gasteiger partial charge in [-0.1, -0.05) is 20.8 Å². The van der Waals surface area contributed by atoms with Crippen LogP contribution >= 0.6 is 0 Å². The molecular weight excluding hydrogens is 359 g/mol. The van der Waals surface area contributed by atoms with Crippen LogP contribution < -0.4 is 16.0 Å². The Balaban J connectivity index is 1.53. The average molecular weight is 393 g/mol. The van der Waals surface area contributed by atoms with Crippen LogP contribution in [0.15, 0.2) is 18.2 Å². The van der Waals surface area contributed by atoms with Crippen molar-refractivity contribution in [1.82, 2.24) is 4.90 Å². The van der Waals surface area contributed by atoms with E-state index in [0.29, 0.717) is 45.1 Å². The van der Waals surface area contributed by atoms with E-state index in [0.717, 1.165) is 18.5 Å². The number of likely N-dealkylation sites (tertiary alicyclic amines) is 1. The maximum Gasteiger partial charge on any atom is 0.240 e. The Hall–Kier alpha value is -1.86. The Bertz CT molecular complexity index is 677. The molecule has 3 rings (SSSR count). The van der Waals surface area contributed by atoms with Crippen molar-refractivity contribution in [2.75, 3.05) is 49.6 Å². The van der Waals surface area contributed by atoms with Crippen LogP contribution in [0.2, 0.25) is 0 Å². The van der Waals surface area contributed by atoms with Gasteiger partial charge in [0.2, 0.25) is 5.91 Å². The molecule has 7 heteroatoms. The summed E-state index contributed by atoms with van der Waals surface area (Å²) in [6.07, 6.45) is 1.66. The van der Waals surface area contributed by atoms with E-state index in [-0.39, 0.29) is 23.2 Å². The van der Waals surface area contributed by atoms with Gasteiger partial charge in [0.1, 0.15) is 5.82 Å². The summed E-state index contributed by atoms with van der Waals surface area (Å²) in [5.74, 6) is -0.192. The van der Waals surface area contributed by atoms with E-state index in [1.54, 1.807) is 6.07 Å². The molecule has 2 saturated heterocycles. The molecule has 0 aliphatic carbocycles. The zero-order valence-electron chi connectivity index (χ0n) is 17.2. The van der Waals surface area contributed by atoms with Crippen LogP contribution in [0.25, 0.3) is 0 Å². The third kappa shape index (κ3) is 4.94. The molecular formula is C21H33FN4O2.